The molecule has 1 aromatic heterocycles. The van der Waals surface area contributed by atoms with Crippen molar-refractivity contribution < 1.29 is 17.6 Å². The third kappa shape index (κ3) is 6.09. The van der Waals surface area contributed by atoms with Gasteiger partial charge in [0.1, 0.15) is 11.5 Å². The number of benzene rings is 2. The first-order valence-corrected chi connectivity index (χ1v) is 12.5. The van der Waals surface area contributed by atoms with Crippen molar-refractivity contribution in [1.82, 2.24) is 9.21 Å². The van der Waals surface area contributed by atoms with Crippen LogP contribution in [0.25, 0.3) is 0 Å². The molecule has 0 aliphatic rings. The van der Waals surface area contributed by atoms with Crippen LogP contribution in [-0.2, 0) is 27.9 Å². The first-order valence-electron chi connectivity index (χ1n) is 10.3. The van der Waals surface area contributed by atoms with Crippen LogP contribution < -0.4 is 0 Å². The molecule has 0 aliphatic heterocycles. The van der Waals surface area contributed by atoms with Gasteiger partial charge in [0.2, 0.25) is 15.9 Å². The van der Waals surface area contributed by atoms with Crippen LogP contribution in [0.4, 0.5) is 0 Å². The van der Waals surface area contributed by atoms with Crippen LogP contribution in [-0.4, -0.2) is 36.1 Å². The first kappa shape index (κ1) is 24.2. The van der Waals surface area contributed by atoms with E-state index in [0.29, 0.717) is 12.3 Å². The maximum absolute atomic E-state index is 13.4. The summed E-state index contributed by atoms with van der Waals surface area (Å²) < 4.78 is 34.3. The van der Waals surface area contributed by atoms with Crippen LogP contribution in [0.3, 0.4) is 0 Å². The number of carbonyl (C=O) groups excluding carboxylic acids is 1. The standard InChI is InChI=1S/C24H27BrN2O4S/c1-18(2)27(32(29,30)23-13-10-21(25)11-14-23)17-24(28)26(15-20-7-5-4-6-8-20)16-22-12-9-19(3)31-22/h4-14,18H,15-17H2,1-3H3. The first-order chi connectivity index (χ1) is 15.2. The second kappa shape index (κ2) is 10.5. The summed E-state index contributed by atoms with van der Waals surface area (Å²) in [5, 5.41) is 0. The maximum atomic E-state index is 13.4. The van der Waals surface area contributed by atoms with Crippen molar-refractivity contribution in [2.45, 2.75) is 44.8 Å². The van der Waals surface area contributed by atoms with Crippen molar-refractivity contribution in [2.24, 2.45) is 0 Å². The minimum atomic E-state index is -3.85. The van der Waals surface area contributed by atoms with Gasteiger partial charge < -0.3 is 9.32 Å². The van der Waals surface area contributed by atoms with E-state index in [1.165, 1.54) is 16.4 Å². The quantitative estimate of drug-likeness (QED) is 0.400. The number of sulfonamides is 1. The molecule has 6 nitrogen and oxygen atoms in total. The molecule has 32 heavy (non-hydrogen) atoms. The highest BCUT2D eigenvalue weighted by molar-refractivity contribution is 9.10. The molecule has 2 aromatic carbocycles. The molecule has 0 saturated carbocycles. The average molecular weight is 519 g/mol. The zero-order chi connectivity index (χ0) is 23.3. The lowest BCUT2D eigenvalue weighted by atomic mass is 10.2. The van der Waals surface area contributed by atoms with Gasteiger partial charge in [-0.1, -0.05) is 46.3 Å². The fourth-order valence-electron chi connectivity index (χ4n) is 3.31. The lowest BCUT2D eigenvalue weighted by Crippen LogP contribution is -2.45. The Kier molecular flexibility index (Phi) is 7.92. The second-order valence-corrected chi connectivity index (χ2v) is 10.7. The van der Waals surface area contributed by atoms with E-state index >= 15 is 0 Å². The number of nitrogens with zero attached hydrogens (tertiary/aromatic N) is 2. The van der Waals surface area contributed by atoms with Gasteiger partial charge in [-0.05, 0) is 62.7 Å². The molecule has 0 unspecified atom stereocenters. The monoisotopic (exact) mass is 518 g/mol. The van der Waals surface area contributed by atoms with E-state index in [-0.39, 0.29) is 23.9 Å². The largest absolute Gasteiger partial charge is 0.464 e. The maximum Gasteiger partial charge on any atom is 0.243 e. The number of aryl methyl sites for hydroxylation is 1. The van der Waals surface area contributed by atoms with Crippen molar-refractivity contribution in [1.29, 1.82) is 0 Å². The number of amides is 1. The number of hydrogen-bond donors (Lipinski definition) is 0. The van der Waals surface area contributed by atoms with E-state index in [0.717, 1.165) is 15.8 Å². The van der Waals surface area contributed by atoms with Crippen LogP contribution >= 0.6 is 15.9 Å². The molecule has 0 aliphatic carbocycles. The molecule has 0 N–H and O–H groups in total. The summed E-state index contributed by atoms with van der Waals surface area (Å²) in [5.74, 6) is 1.12. The van der Waals surface area contributed by atoms with Gasteiger partial charge in [0, 0.05) is 17.1 Å². The van der Waals surface area contributed by atoms with Crippen molar-refractivity contribution in [2.75, 3.05) is 6.54 Å². The fraction of sp³-hybridized carbons (Fsp3) is 0.292. The van der Waals surface area contributed by atoms with E-state index in [4.69, 9.17) is 4.42 Å². The van der Waals surface area contributed by atoms with Crippen molar-refractivity contribution in [3.63, 3.8) is 0 Å². The molecule has 0 fully saturated rings. The van der Waals surface area contributed by atoms with Gasteiger partial charge >= 0.3 is 0 Å². The summed E-state index contributed by atoms with van der Waals surface area (Å²) in [7, 11) is -3.85. The predicted octanol–water partition coefficient (Wildman–Crippen LogP) is 4.98. The van der Waals surface area contributed by atoms with E-state index in [2.05, 4.69) is 15.9 Å². The summed E-state index contributed by atoms with van der Waals surface area (Å²) in [5.41, 5.74) is 0.955. The van der Waals surface area contributed by atoms with E-state index in [1.54, 1.807) is 30.9 Å². The Morgan fingerprint density at radius 2 is 1.62 bits per heavy atom. The Morgan fingerprint density at radius 1 is 0.969 bits per heavy atom. The van der Waals surface area contributed by atoms with Crippen molar-refractivity contribution in [3.8, 4) is 0 Å². The van der Waals surface area contributed by atoms with Gasteiger partial charge in [-0.2, -0.15) is 4.31 Å². The minimum Gasteiger partial charge on any atom is -0.464 e. The van der Waals surface area contributed by atoms with Crippen LogP contribution in [0.5, 0.6) is 0 Å². The van der Waals surface area contributed by atoms with Gasteiger partial charge in [-0.3, -0.25) is 4.79 Å². The number of hydrogen-bond acceptors (Lipinski definition) is 4. The summed E-state index contributed by atoms with van der Waals surface area (Å²) in [6.07, 6.45) is 0. The Hall–Kier alpha value is -2.42. The molecule has 1 amide bonds. The molecule has 1 heterocycles. The molecular weight excluding hydrogens is 492 g/mol. The number of furan rings is 1. The smallest absolute Gasteiger partial charge is 0.243 e. The highest BCUT2D eigenvalue weighted by Crippen LogP contribution is 2.22. The summed E-state index contributed by atoms with van der Waals surface area (Å²) in [6.45, 7) is 5.72. The third-order valence-electron chi connectivity index (χ3n) is 5.00. The van der Waals surface area contributed by atoms with Crippen LogP contribution in [0, 0.1) is 6.92 Å². The highest BCUT2D eigenvalue weighted by Gasteiger charge is 2.31. The molecule has 0 spiro atoms. The number of carbonyl (C=O) groups is 1. The topological polar surface area (TPSA) is 70.8 Å². The molecule has 0 bridgehead atoms. The number of rotatable bonds is 9. The molecule has 8 heteroatoms. The Bertz CT molecular complexity index is 1140. The Balaban J connectivity index is 1.86. The van der Waals surface area contributed by atoms with Gasteiger partial charge in [-0.25, -0.2) is 8.42 Å². The van der Waals surface area contributed by atoms with Crippen LogP contribution in [0.15, 0.2) is 80.5 Å². The van der Waals surface area contributed by atoms with E-state index in [9.17, 15) is 13.2 Å². The molecule has 3 rings (SSSR count). The molecule has 0 saturated heterocycles. The minimum absolute atomic E-state index is 0.151. The summed E-state index contributed by atoms with van der Waals surface area (Å²) in [6, 6.07) is 19.3. The van der Waals surface area contributed by atoms with Crippen molar-refractivity contribution in [3.05, 3.63) is 88.3 Å². The molecule has 0 radical (unpaired) electrons. The van der Waals surface area contributed by atoms with Crippen LogP contribution in [0.2, 0.25) is 0 Å². The average Bonchev–Trinajstić information content (AvgIpc) is 3.16. The SMILES string of the molecule is Cc1ccc(CN(Cc2ccccc2)C(=O)CN(C(C)C)S(=O)(=O)c2ccc(Br)cc2)o1. The third-order valence-corrected chi connectivity index (χ3v) is 7.56. The number of halogens is 1. The molecular formula is C24H27BrN2O4S. The summed E-state index contributed by atoms with van der Waals surface area (Å²) in [4.78, 5) is 15.2. The van der Waals surface area contributed by atoms with E-state index < -0.39 is 16.1 Å². The van der Waals surface area contributed by atoms with Gasteiger partial charge in [0.05, 0.1) is 18.0 Å². The Labute approximate surface area is 198 Å². The fourth-order valence-corrected chi connectivity index (χ4v) is 5.17. The molecule has 0 atom stereocenters. The zero-order valence-corrected chi connectivity index (χ0v) is 20.8. The normalized spacial score (nSPS) is 11.8. The van der Waals surface area contributed by atoms with Crippen molar-refractivity contribution >= 4 is 31.9 Å². The predicted molar refractivity (Wildman–Crippen MR) is 127 cm³/mol. The Morgan fingerprint density at radius 3 is 2.19 bits per heavy atom. The lowest BCUT2D eigenvalue weighted by molar-refractivity contribution is -0.133. The summed E-state index contributed by atoms with van der Waals surface area (Å²) >= 11 is 3.32. The van der Waals surface area contributed by atoms with Crippen LogP contribution in [0.1, 0.15) is 30.9 Å². The molecule has 3 aromatic rings. The highest BCUT2D eigenvalue weighted by atomic mass is 79.9. The van der Waals surface area contributed by atoms with Gasteiger partial charge in [-0.15, -0.1) is 0 Å². The van der Waals surface area contributed by atoms with E-state index in [1.807, 2.05) is 49.4 Å². The van der Waals surface area contributed by atoms with Gasteiger partial charge in [0.25, 0.3) is 0 Å². The molecule has 170 valence electrons. The zero-order valence-electron chi connectivity index (χ0n) is 18.4. The van der Waals surface area contributed by atoms with Gasteiger partial charge in [0.15, 0.2) is 0 Å². The lowest BCUT2D eigenvalue weighted by Gasteiger charge is -2.29. The second-order valence-electron chi connectivity index (χ2n) is 7.85.